The highest BCUT2D eigenvalue weighted by atomic mass is 35.5. The lowest BCUT2D eigenvalue weighted by Crippen LogP contribution is -2.05. The minimum absolute atomic E-state index is 0.196. The molecule has 0 amide bonds. The quantitative estimate of drug-likeness (QED) is 0.447. The Morgan fingerprint density at radius 2 is 1.96 bits per heavy atom. The summed E-state index contributed by atoms with van der Waals surface area (Å²) in [6.45, 7) is 6.10. The van der Waals surface area contributed by atoms with Crippen LogP contribution in [-0.2, 0) is 9.53 Å². The van der Waals surface area contributed by atoms with Gasteiger partial charge in [0.05, 0.1) is 10.6 Å². The summed E-state index contributed by atoms with van der Waals surface area (Å²) in [5.74, 6) is 0.319. The lowest BCUT2D eigenvalue weighted by Gasteiger charge is -2.08. The van der Waals surface area contributed by atoms with Crippen LogP contribution < -0.4 is 4.74 Å². The second-order valence-electron chi connectivity index (χ2n) is 5.60. The van der Waals surface area contributed by atoms with E-state index in [2.05, 4.69) is 11.6 Å². The molecule has 0 saturated carbocycles. The summed E-state index contributed by atoms with van der Waals surface area (Å²) in [6.07, 6.45) is 1.64. The molecule has 126 valence electrons. The van der Waals surface area contributed by atoms with E-state index in [0.717, 1.165) is 11.1 Å². The number of hydrogen-bond donors (Lipinski definition) is 0. The Morgan fingerprint density at radius 1 is 1.24 bits per heavy atom. The smallest absolute Gasteiger partial charge is 0.363 e. The average molecular weight is 354 g/mol. The van der Waals surface area contributed by atoms with Crippen LogP contribution in [-0.4, -0.2) is 18.5 Å². The third-order valence-electron chi connectivity index (χ3n) is 3.41. The zero-order valence-electron chi connectivity index (χ0n) is 13.7. The lowest BCUT2D eigenvalue weighted by atomic mass is 10.1. The fourth-order valence-electron chi connectivity index (χ4n) is 2.24. The van der Waals surface area contributed by atoms with E-state index in [4.69, 9.17) is 21.1 Å². The number of aliphatic imine (C=N–C) groups is 1. The molecule has 0 saturated heterocycles. The SMILES string of the molecule is C=C(C)COc1ccccc1/C=C1/N=C(c2ccccc2Cl)OC1=O. The molecule has 2 aromatic carbocycles. The van der Waals surface area contributed by atoms with Crippen molar-refractivity contribution in [3.8, 4) is 5.75 Å². The number of ether oxygens (including phenoxy) is 2. The Labute approximate surface area is 151 Å². The minimum atomic E-state index is -0.523. The zero-order chi connectivity index (χ0) is 17.8. The summed E-state index contributed by atoms with van der Waals surface area (Å²) in [5, 5.41) is 0.473. The number of halogens is 1. The maximum atomic E-state index is 12.1. The van der Waals surface area contributed by atoms with Gasteiger partial charge in [-0.05, 0) is 36.8 Å². The van der Waals surface area contributed by atoms with Gasteiger partial charge in [0.15, 0.2) is 5.70 Å². The van der Waals surface area contributed by atoms with Gasteiger partial charge in [0, 0.05) is 5.56 Å². The molecule has 0 N–H and O–H groups in total. The molecule has 0 fully saturated rings. The first-order chi connectivity index (χ1) is 12.0. The van der Waals surface area contributed by atoms with Crippen molar-refractivity contribution in [3.05, 3.63) is 82.5 Å². The zero-order valence-corrected chi connectivity index (χ0v) is 14.4. The normalized spacial score (nSPS) is 15.0. The van der Waals surface area contributed by atoms with E-state index in [9.17, 15) is 4.79 Å². The van der Waals surface area contributed by atoms with Gasteiger partial charge >= 0.3 is 5.97 Å². The van der Waals surface area contributed by atoms with Crippen LogP contribution in [0.3, 0.4) is 0 Å². The molecule has 2 aromatic rings. The molecule has 0 aromatic heterocycles. The van der Waals surface area contributed by atoms with E-state index in [-0.39, 0.29) is 11.6 Å². The van der Waals surface area contributed by atoms with Gasteiger partial charge in [0.25, 0.3) is 0 Å². The molecule has 3 rings (SSSR count). The number of benzene rings is 2. The number of nitrogens with zero attached hydrogens (tertiary/aromatic N) is 1. The van der Waals surface area contributed by atoms with Crippen LogP contribution in [0, 0.1) is 0 Å². The van der Waals surface area contributed by atoms with Gasteiger partial charge in [-0.1, -0.05) is 48.5 Å². The fourth-order valence-corrected chi connectivity index (χ4v) is 2.46. The van der Waals surface area contributed by atoms with Gasteiger partial charge in [-0.3, -0.25) is 0 Å². The van der Waals surface area contributed by atoms with E-state index in [1.807, 2.05) is 31.2 Å². The summed E-state index contributed by atoms with van der Waals surface area (Å²) in [5.41, 5.74) is 2.41. The van der Waals surface area contributed by atoms with Gasteiger partial charge in [-0.15, -0.1) is 0 Å². The summed E-state index contributed by atoms with van der Waals surface area (Å²) in [6, 6.07) is 14.5. The molecular weight excluding hydrogens is 338 g/mol. The van der Waals surface area contributed by atoms with Crippen molar-refractivity contribution in [2.24, 2.45) is 4.99 Å². The van der Waals surface area contributed by atoms with E-state index < -0.39 is 5.97 Å². The Kier molecular flexibility index (Phi) is 5.00. The van der Waals surface area contributed by atoms with Crippen LogP contribution in [0.15, 0.2) is 71.4 Å². The van der Waals surface area contributed by atoms with Crippen molar-refractivity contribution in [2.45, 2.75) is 6.92 Å². The maximum absolute atomic E-state index is 12.1. The van der Waals surface area contributed by atoms with E-state index >= 15 is 0 Å². The first-order valence-electron chi connectivity index (χ1n) is 7.68. The molecule has 0 spiro atoms. The highest BCUT2D eigenvalue weighted by molar-refractivity contribution is 6.34. The monoisotopic (exact) mass is 353 g/mol. The van der Waals surface area contributed by atoms with Gasteiger partial charge < -0.3 is 9.47 Å². The van der Waals surface area contributed by atoms with Crippen LogP contribution in [0.25, 0.3) is 6.08 Å². The van der Waals surface area contributed by atoms with Crippen molar-refractivity contribution >= 4 is 29.5 Å². The van der Waals surface area contributed by atoms with Crippen LogP contribution in [0.2, 0.25) is 5.02 Å². The number of esters is 1. The van der Waals surface area contributed by atoms with Crippen molar-refractivity contribution in [1.29, 1.82) is 0 Å². The summed E-state index contributed by atoms with van der Waals surface area (Å²) >= 11 is 6.14. The average Bonchev–Trinajstić information content (AvgIpc) is 2.95. The molecule has 25 heavy (non-hydrogen) atoms. The number of para-hydroxylation sites is 1. The molecule has 0 atom stereocenters. The molecule has 0 aliphatic carbocycles. The molecule has 1 heterocycles. The molecule has 5 heteroatoms. The highest BCUT2D eigenvalue weighted by Crippen LogP contribution is 2.26. The van der Waals surface area contributed by atoms with Crippen LogP contribution in [0.4, 0.5) is 0 Å². The third-order valence-corrected chi connectivity index (χ3v) is 3.74. The van der Waals surface area contributed by atoms with Crippen LogP contribution in [0.1, 0.15) is 18.1 Å². The van der Waals surface area contributed by atoms with Crippen molar-refractivity contribution in [1.82, 2.24) is 0 Å². The van der Waals surface area contributed by atoms with Gasteiger partial charge in [0.1, 0.15) is 12.4 Å². The Hall–Kier alpha value is -2.85. The number of hydrogen-bond acceptors (Lipinski definition) is 4. The van der Waals surface area contributed by atoms with Crippen molar-refractivity contribution in [2.75, 3.05) is 6.61 Å². The minimum Gasteiger partial charge on any atom is -0.489 e. The largest absolute Gasteiger partial charge is 0.489 e. The van der Waals surface area contributed by atoms with E-state index in [1.54, 1.807) is 30.3 Å². The first kappa shape index (κ1) is 17.0. The molecule has 4 nitrogen and oxygen atoms in total. The van der Waals surface area contributed by atoms with E-state index in [1.165, 1.54) is 0 Å². The molecule has 0 unspecified atom stereocenters. The highest BCUT2D eigenvalue weighted by Gasteiger charge is 2.25. The second kappa shape index (κ2) is 7.36. The summed E-state index contributed by atoms with van der Waals surface area (Å²) < 4.78 is 11.0. The van der Waals surface area contributed by atoms with Gasteiger partial charge in [0.2, 0.25) is 5.90 Å². The Balaban J connectivity index is 1.93. The van der Waals surface area contributed by atoms with E-state index in [0.29, 0.717) is 22.9 Å². The fraction of sp³-hybridized carbons (Fsp3) is 0.100. The Morgan fingerprint density at radius 3 is 2.72 bits per heavy atom. The first-order valence-corrected chi connectivity index (χ1v) is 8.06. The lowest BCUT2D eigenvalue weighted by molar-refractivity contribution is -0.129. The molecule has 0 bridgehead atoms. The second-order valence-corrected chi connectivity index (χ2v) is 6.01. The Bertz CT molecular complexity index is 899. The summed E-state index contributed by atoms with van der Waals surface area (Å²) in [7, 11) is 0. The standard InChI is InChI=1S/C20H16ClNO3/c1-13(2)12-24-18-10-6-3-7-14(18)11-17-20(23)25-19(22-17)15-8-4-5-9-16(15)21/h3-11H,1,12H2,2H3/b17-11+. The van der Waals surface area contributed by atoms with Crippen LogP contribution >= 0.6 is 11.6 Å². The number of cyclic esters (lactones) is 1. The summed E-state index contributed by atoms with van der Waals surface area (Å²) in [4.78, 5) is 16.4. The molecule has 1 aliphatic heterocycles. The van der Waals surface area contributed by atoms with Crippen LogP contribution in [0.5, 0.6) is 5.75 Å². The predicted molar refractivity (Wildman–Crippen MR) is 98.8 cm³/mol. The van der Waals surface area contributed by atoms with Gasteiger partial charge in [-0.25, -0.2) is 9.79 Å². The molecule has 1 aliphatic rings. The number of carbonyl (C=O) groups excluding carboxylic acids is 1. The number of carbonyl (C=O) groups is 1. The van der Waals surface area contributed by atoms with Crippen molar-refractivity contribution in [3.63, 3.8) is 0 Å². The molecular formula is C20H16ClNO3. The van der Waals surface area contributed by atoms with Gasteiger partial charge in [-0.2, -0.15) is 0 Å². The number of rotatable bonds is 5. The van der Waals surface area contributed by atoms with Crippen molar-refractivity contribution < 1.29 is 14.3 Å². The third kappa shape index (κ3) is 3.98. The predicted octanol–water partition coefficient (Wildman–Crippen LogP) is 4.64. The molecule has 0 radical (unpaired) electrons. The maximum Gasteiger partial charge on any atom is 0.363 e. The topological polar surface area (TPSA) is 47.9 Å².